The molecule has 0 saturated heterocycles. The lowest BCUT2D eigenvalue weighted by Crippen LogP contribution is -1.91. The molecule has 6 heteroatoms. The van der Waals surface area contributed by atoms with Gasteiger partial charge in [-0.15, -0.1) is 0 Å². The van der Waals surface area contributed by atoms with Gasteiger partial charge in [-0.1, -0.05) is 17.7 Å². The highest BCUT2D eigenvalue weighted by atomic mass is 35.5. The van der Waals surface area contributed by atoms with E-state index in [0.717, 1.165) is 11.3 Å². The molecule has 0 aliphatic heterocycles. The van der Waals surface area contributed by atoms with Crippen molar-refractivity contribution in [3.63, 3.8) is 0 Å². The predicted molar refractivity (Wildman–Crippen MR) is 71.3 cm³/mol. The Morgan fingerprint density at radius 2 is 1.74 bits per heavy atom. The molecular weight excluding hydrogens is 264 g/mol. The van der Waals surface area contributed by atoms with Gasteiger partial charge in [0.15, 0.2) is 0 Å². The van der Waals surface area contributed by atoms with Crippen LogP contribution in [0.5, 0.6) is 0 Å². The van der Waals surface area contributed by atoms with Gasteiger partial charge in [-0.25, -0.2) is 4.98 Å². The summed E-state index contributed by atoms with van der Waals surface area (Å²) in [7, 11) is 0. The first-order chi connectivity index (χ1) is 9.25. The molecule has 0 radical (unpaired) electrons. The third-order valence-electron chi connectivity index (χ3n) is 2.39. The van der Waals surface area contributed by atoms with Crippen molar-refractivity contribution in [3.8, 4) is 0 Å². The fourth-order valence-corrected chi connectivity index (χ4v) is 1.65. The van der Waals surface area contributed by atoms with E-state index in [4.69, 9.17) is 11.6 Å². The number of nitrogens with zero attached hydrogens (tertiary/aromatic N) is 4. The van der Waals surface area contributed by atoms with Crippen LogP contribution >= 0.6 is 11.6 Å². The van der Waals surface area contributed by atoms with Crippen LogP contribution in [0.1, 0.15) is 18.5 Å². The molecular formula is C13H11ClN4O. The van der Waals surface area contributed by atoms with E-state index in [-0.39, 0.29) is 5.78 Å². The van der Waals surface area contributed by atoms with E-state index in [1.54, 1.807) is 31.0 Å². The summed E-state index contributed by atoms with van der Waals surface area (Å²) >= 11 is 5.37. The van der Waals surface area contributed by atoms with Gasteiger partial charge >= 0.3 is 0 Å². The first kappa shape index (κ1) is 13.3. The molecule has 0 fully saturated rings. The number of hydrogen-bond donors (Lipinski definition) is 0. The summed E-state index contributed by atoms with van der Waals surface area (Å²) in [4.78, 5) is 26.4. The first-order valence-electron chi connectivity index (χ1n) is 5.64. The number of aromatic nitrogens is 4. The van der Waals surface area contributed by atoms with E-state index >= 15 is 0 Å². The fraction of sp³-hybridized carbons (Fsp3) is 0.154. The van der Waals surface area contributed by atoms with Crippen molar-refractivity contribution >= 4 is 23.0 Å². The molecule has 5 nitrogen and oxygen atoms in total. The zero-order valence-electron chi connectivity index (χ0n) is 10.0. The summed E-state index contributed by atoms with van der Waals surface area (Å²) in [5.74, 6) is 0.260. The van der Waals surface area contributed by atoms with E-state index in [1.165, 1.54) is 6.20 Å². The number of allylic oxidation sites excluding steroid dienone is 2. The first-order valence-corrected chi connectivity index (χ1v) is 6.02. The summed E-state index contributed by atoms with van der Waals surface area (Å²) < 4.78 is 0. The predicted octanol–water partition coefficient (Wildman–Crippen LogP) is 2.35. The average Bonchev–Trinajstić information content (AvgIpc) is 2.88. The monoisotopic (exact) mass is 274 g/mol. The lowest BCUT2D eigenvalue weighted by Gasteiger charge is -1.96. The Kier molecular flexibility index (Phi) is 4.69. The zero-order chi connectivity index (χ0) is 13.5. The van der Waals surface area contributed by atoms with Crippen molar-refractivity contribution in [2.45, 2.75) is 12.8 Å². The quantitative estimate of drug-likeness (QED) is 0.798. The van der Waals surface area contributed by atoms with Crippen LogP contribution in [0, 0.1) is 0 Å². The molecule has 0 amide bonds. The van der Waals surface area contributed by atoms with Crippen LogP contribution in [0.15, 0.2) is 43.3 Å². The van der Waals surface area contributed by atoms with E-state index in [2.05, 4.69) is 19.9 Å². The molecule has 1 aliphatic rings. The molecule has 19 heavy (non-hydrogen) atoms. The number of ketones is 1. The summed E-state index contributed by atoms with van der Waals surface area (Å²) in [5.41, 5.74) is 1.83. The standard InChI is InChI=1S/C9H8N2O.C4H3ClN2/c12-8-2-1-7(5-8)9-6-10-3-4-11-9;5-4-3-6-1-2-7-4/h1,3-4,6H,2,5H2;1-3H. The van der Waals surface area contributed by atoms with Crippen LogP contribution in [0.3, 0.4) is 0 Å². The van der Waals surface area contributed by atoms with Crippen LogP contribution < -0.4 is 0 Å². The normalized spacial score (nSPS) is 13.5. The minimum Gasteiger partial charge on any atom is -0.299 e. The van der Waals surface area contributed by atoms with Gasteiger partial charge in [0.1, 0.15) is 10.9 Å². The van der Waals surface area contributed by atoms with Gasteiger partial charge in [0, 0.05) is 37.6 Å². The van der Waals surface area contributed by atoms with Crippen molar-refractivity contribution in [1.82, 2.24) is 19.9 Å². The Labute approximate surface area is 115 Å². The van der Waals surface area contributed by atoms with Gasteiger partial charge in [-0.2, -0.15) is 0 Å². The largest absolute Gasteiger partial charge is 0.299 e. The van der Waals surface area contributed by atoms with Crippen molar-refractivity contribution in [3.05, 3.63) is 54.1 Å². The third-order valence-corrected chi connectivity index (χ3v) is 2.58. The summed E-state index contributed by atoms with van der Waals surface area (Å²) in [6.07, 6.45) is 12.5. The minimum absolute atomic E-state index is 0.260. The Morgan fingerprint density at radius 3 is 2.16 bits per heavy atom. The molecule has 2 aromatic rings. The van der Waals surface area contributed by atoms with Gasteiger partial charge in [0.2, 0.25) is 0 Å². The van der Waals surface area contributed by atoms with Gasteiger partial charge in [-0.3, -0.25) is 19.7 Å². The fourth-order valence-electron chi connectivity index (χ4n) is 1.53. The molecule has 1 aliphatic carbocycles. The zero-order valence-corrected chi connectivity index (χ0v) is 10.8. The average molecular weight is 275 g/mol. The number of Topliss-reactive ketones (excluding diaryl/α,β-unsaturated/α-hetero) is 1. The lowest BCUT2D eigenvalue weighted by atomic mass is 10.2. The second kappa shape index (κ2) is 6.70. The second-order valence-corrected chi connectivity index (χ2v) is 4.15. The summed E-state index contributed by atoms with van der Waals surface area (Å²) in [5, 5.41) is 0.433. The topological polar surface area (TPSA) is 68.6 Å². The molecule has 3 rings (SSSR count). The molecule has 0 saturated carbocycles. The molecule has 0 aromatic carbocycles. The van der Waals surface area contributed by atoms with Crippen LogP contribution in [0.2, 0.25) is 5.15 Å². The van der Waals surface area contributed by atoms with Crippen LogP contribution in [0.4, 0.5) is 0 Å². The smallest absolute Gasteiger partial charge is 0.147 e. The highest BCUT2D eigenvalue weighted by Crippen LogP contribution is 2.22. The molecule has 0 spiro atoms. The molecule has 0 N–H and O–H groups in total. The van der Waals surface area contributed by atoms with E-state index < -0.39 is 0 Å². The lowest BCUT2D eigenvalue weighted by molar-refractivity contribution is -0.116. The highest BCUT2D eigenvalue weighted by molar-refractivity contribution is 6.29. The Morgan fingerprint density at radius 1 is 1.00 bits per heavy atom. The number of halogens is 1. The molecule has 0 atom stereocenters. The molecule has 2 heterocycles. The summed E-state index contributed by atoms with van der Waals surface area (Å²) in [6, 6.07) is 0. The maximum absolute atomic E-state index is 10.9. The molecule has 2 aromatic heterocycles. The molecule has 96 valence electrons. The second-order valence-electron chi connectivity index (χ2n) is 3.77. The van der Waals surface area contributed by atoms with Crippen molar-refractivity contribution in [2.75, 3.05) is 0 Å². The van der Waals surface area contributed by atoms with Crippen LogP contribution in [0.25, 0.3) is 5.57 Å². The maximum atomic E-state index is 10.9. The van der Waals surface area contributed by atoms with Crippen LogP contribution in [-0.4, -0.2) is 25.7 Å². The number of carbonyl (C=O) groups is 1. The SMILES string of the molecule is Clc1cnccn1.O=C1CC=C(c2cnccn2)C1. The minimum atomic E-state index is 0.260. The van der Waals surface area contributed by atoms with Gasteiger partial charge in [0.25, 0.3) is 0 Å². The summed E-state index contributed by atoms with van der Waals surface area (Å²) in [6.45, 7) is 0. The van der Waals surface area contributed by atoms with Crippen LogP contribution in [-0.2, 0) is 4.79 Å². The third kappa shape index (κ3) is 4.22. The molecule has 0 unspecified atom stereocenters. The molecule has 0 bridgehead atoms. The number of hydrogen-bond acceptors (Lipinski definition) is 5. The number of carbonyl (C=O) groups excluding carboxylic acids is 1. The number of rotatable bonds is 1. The Hall–Kier alpha value is -2.14. The van der Waals surface area contributed by atoms with E-state index in [1.807, 2.05) is 6.08 Å². The van der Waals surface area contributed by atoms with E-state index in [0.29, 0.717) is 18.0 Å². The van der Waals surface area contributed by atoms with Crippen molar-refractivity contribution < 1.29 is 4.79 Å². The Balaban J connectivity index is 0.000000163. The van der Waals surface area contributed by atoms with Crippen molar-refractivity contribution in [1.29, 1.82) is 0 Å². The van der Waals surface area contributed by atoms with Gasteiger partial charge in [0.05, 0.1) is 18.1 Å². The Bertz CT molecular complexity index is 572. The van der Waals surface area contributed by atoms with Gasteiger partial charge in [-0.05, 0) is 5.57 Å². The maximum Gasteiger partial charge on any atom is 0.147 e. The van der Waals surface area contributed by atoms with E-state index in [9.17, 15) is 4.79 Å². The highest BCUT2D eigenvalue weighted by Gasteiger charge is 2.14. The van der Waals surface area contributed by atoms with Crippen molar-refractivity contribution in [2.24, 2.45) is 0 Å². The van der Waals surface area contributed by atoms with Gasteiger partial charge < -0.3 is 0 Å².